The van der Waals surface area contributed by atoms with Gasteiger partial charge in [0.15, 0.2) is 0 Å². The summed E-state index contributed by atoms with van der Waals surface area (Å²) in [5.41, 5.74) is 0.682. The molecule has 1 N–H and O–H groups in total. The van der Waals surface area contributed by atoms with Crippen LogP contribution < -0.4 is 4.90 Å². The van der Waals surface area contributed by atoms with Crippen LogP contribution in [-0.4, -0.2) is 33.6 Å². The van der Waals surface area contributed by atoms with Gasteiger partial charge in [0.2, 0.25) is 11.8 Å². The van der Waals surface area contributed by atoms with Gasteiger partial charge < -0.3 is 9.52 Å². The number of hydrogen-bond donors (Lipinski definition) is 1. The first kappa shape index (κ1) is 12.9. The molecule has 0 spiro atoms. The molecular formula is C13H12ClN3O3. The van der Waals surface area contributed by atoms with Crippen molar-refractivity contribution in [2.45, 2.75) is 6.42 Å². The Labute approximate surface area is 120 Å². The SMILES string of the molecule is O=C1CC(CCl)CN1c1nnc(-c2ccc(O)cc2)o1. The number of nitrogens with zero attached hydrogens (tertiary/aromatic N) is 3. The molecule has 2 aromatic rings. The minimum atomic E-state index is -0.0587. The number of benzene rings is 1. The van der Waals surface area contributed by atoms with Gasteiger partial charge in [-0.25, -0.2) is 0 Å². The van der Waals surface area contributed by atoms with E-state index in [0.29, 0.717) is 30.3 Å². The molecule has 1 amide bonds. The Bertz CT molecular complexity index is 626. The number of rotatable bonds is 3. The molecule has 3 rings (SSSR count). The topological polar surface area (TPSA) is 79.5 Å². The fourth-order valence-corrected chi connectivity index (χ4v) is 2.32. The van der Waals surface area contributed by atoms with E-state index in [1.165, 1.54) is 17.0 Å². The molecular weight excluding hydrogens is 282 g/mol. The second kappa shape index (κ2) is 5.13. The second-order valence-electron chi connectivity index (χ2n) is 4.67. The maximum atomic E-state index is 11.8. The quantitative estimate of drug-likeness (QED) is 0.876. The van der Waals surface area contributed by atoms with Crippen LogP contribution in [-0.2, 0) is 4.79 Å². The van der Waals surface area contributed by atoms with Gasteiger partial charge >= 0.3 is 6.01 Å². The number of phenols is 1. The first-order chi connectivity index (χ1) is 9.67. The van der Waals surface area contributed by atoms with Crippen LogP contribution in [0.1, 0.15) is 6.42 Å². The molecule has 104 valence electrons. The smallest absolute Gasteiger partial charge is 0.325 e. The second-order valence-corrected chi connectivity index (χ2v) is 4.97. The molecule has 1 atom stereocenters. The molecule has 1 saturated heterocycles. The third kappa shape index (κ3) is 2.34. The largest absolute Gasteiger partial charge is 0.508 e. The van der Waals surface area contributed by atoms with Crippen LogP contribution in [0.4, 0.5) is 6.01 Å². The molecule has 20 heavy (non-hydrogen) atoms. The first-order valence-corrected chi connectivity index (χ1v) is 6.70. The molecule has 1 unspecified atom stereocenters. The zero-order chi connectivity index (χ0) is 14.1. The van der Waals surface area contributed by atoms with Crippen molar-refractivity contribution < 1.29 is 14.3 Å². The Morgan fingerprint density at radius 1 is 1.35 bits per heavy atom. The van der Waals surface area contributed by atoms with E-state index in [1.54, 1.807) is 12.1 Å². The van der Waals surface area contributed by atoms with Gasteiger partial charge in [-0.2, -0.15) is 0 Å². The number of alkyl halides is 1. The summed E-state index contributed by atoms with van der Waals surface area (Å²) in [6, 6.07) is 6.58. The van der Waals surface area contributed by atoms with E-state index in [2.05, 4.69) is 10.2 Å². The summed E-state index contributed by atoms with van der Waals surface area (Å²) in [4.78, 5) is 13.3. The minimum absolute atomic E-state index is 0.0587. The van der Waals surface area contributed by atoms with Gasteiger partial charge in [0, 0.05) is 24.4 Å². The van der Waals surface area contributed by atoms with Crippen molar-refractivity contribution in [1.82, 2.24) is 10.2 Å². The number of carbonyl (C=O) groups is 1. The van der Waals surface area contributed by atoms with Crippen LogP contribution in [0.3, 0.4) is 0 Å². The van der Waals surface area contributed by atoms with Gasteiger partial charge in [0.25, 0.3) is 0 Å². The lowest BCUT2D eigenvalue weighted by Crippen LogP contribution is -2.24. The molecule has 1 aliphatic rings. The Morgan fingerprint density at radius 2 is 2.10 bits per heavy atom. The highest BCUT2D eigenvalue weighted by atomic mass is 35.5. The molecule has 1 fully saturated rings. The predicted molar refractivity (Wildman–Crippen MR) is 72.6 cm³/mol. The number of halogens is 1. The number of phenolic OH excluding ortho intramolecular Hbond substituents is 1. The molecule has 6 nitrogen and oxygen atoms in total. The predicted octanol–water partition coefficient (Wildman–Crippen LogP) is 2.03. The molecule has 1 aromatic heterocycles. The number of hydrogen-bond acceptors (Lipinski definition) is 5. The van der Waals surface area contributed by atoms with E-state index in [4.69, 9.17) is 16.0 Å². The maximum absolute atomic E-state index is 11.8. The monoisotopic (exact) mass is 293 g/mol. The van der Waals surface area contributed by atoms with Crippen molar-refractivity contribution in [2.24, 2.45) is 5.92 Å². The van der Waals surface area contributed by atoms with E-state index in [9.17, 15) is 9.90 Å². The van der Waals surface area contributed by atoms with Crippen molar-refractivity contribution in [2.75, 3.05) is 17.3 Å². The molecule has 0 radical (unpaired) electrons. The van der Waals surface area contributed by atoms with Gasteiger partial charge in [-0.15, -0.1) is 16.7 Å². The van der Waals surface area contributed by atoms with Crippen molar-refractivity contribution in [3.8, 4) is 17.2 Å². The lowest BCUT2D eigenvalue weighted by molar-refractivity contribution is -0.117. The standard InChI is InChI=1S/C13H12ClN3O3/c14-6-8-5-11(19)17(7-8)13-16-15-12(20-13)9-1-3-10(18)4-2-9/h1-4,8,18H,5-7H2. The van der Waals surface area contributed by atoms with E-state index < -0.39 is 0 Å². The summed E-state index contributed by atoms with van der Waals surface area (Å²) in [6.45, 7) is 0.500. The van der Waals surface area contributed by atoms with E-state index in [-0.39, 0.29) is 23.6 Å². The summed E-state index contributed by atoms with van der Waals surface area (Å²) in [6.07, 6.45) is 0.403. The fraction of sp³-hybridized carbons (Fsp3) is 0.308. The number of aromatic nitrogens is 2. The number of amides is 1. The normalized spacial score (nSPS) is 18.8. The van der Waals surface area contributed by atoms with E-state index >= 15 is 0 Å². The number of anilines is 1. The fourth-order valence-electron chi connectivity index (χ4n) is 2.12. The van der Waals surface area contributed by atoms with Gasteiger partial charge in [0.1, 0.15) is 5.75 Å². The average Bonchev–Trinajstić information content (AvgIpc) is 3.06. The lowest BCUT2D eigenvalue weighted by atomic mass is 10.2. The molecule has 2 heterocycles. The van der Waals surface area contributed by atoms with Crippen LogP contribution in [0.5, 0.6) is 5.75 Å². The van der Waals surface area contributed by atoms with Crippen LogP contribution in [0.2, 0.25) is 0 Å². The highest BCUT2D eigenvalue weighted by Gasteiger charge is 2.33. The molecule has 0 saturated carbocycles. The van der Waals surface area contributed by atoms with Crippen molar-refractivity contribution in [1.29, 1.82) is 0 Å². The zero-order valence-corrected chi connectivity index (χ0v) is 11.2. The van der Waals surface area contributed by atoms with Crippen LogP contribution >= 0.6 is 11.6 Å². The van der Waals surface area contributed by atoms with Crippen molar-refractivity contribution >= 4 is 23.5 Å². The van der Waals surface area contributed by atoms with E-state index in [1.807, 2.05) is 0 Å². The third-order valence-electron chi connectivity index (χ3n) is 3.18. The van der Waals surface area contributed by atoms with E-state index in [0.717, 1.165) is 0 Å². The lowest BCUT2D eigenvalue weighted by Gasteiger charge is -2.09. The molecule has 1 aromatic carbocycles. The minimum Gasteiger partial charge on any atom is -0.508 e. The third-order valence-corrected chi connectivity index (χ3v) is 3.62. The number of carbonyl (C=O) groups excluding carboxylic acids is 1. The van der Waals surface area contributed by atoms with Crippen molar-refractivity contribution in [3.05, 3.63) is 24.3 Å². The highest BCUT2D eigenvalue weighted by Crippen LogP contribution is 2.28. The molecule has 0 bridgehead atoms. The zero-order valence-electron chi connectivity index (χ0n) is 10.5. The van der Waals surface area contributed by atoms with Gasteiger partial charge in [-0.1, -0.05) is 5.10 Å². The van der Waals surface area contributed by atoms with Crippen LogP contribution in [0, 0.1) is 5.92 Å². The molecule has 0 aliphatic carbocycles. The Kier molecular flexibility index (Phi) is 3.31. The Morgan fingerprint density at radius 3 is 2.75 bits per heavy atom. The Hall–Kier alpha value is -2.08. The molecule has 1 aliphatic heterocycles. The average molecular weight is 294 g/mol. The maximum Gasteiger partial charge on any atom is 0.325 e. The Balaban J connectivity index is 1.83. The van der Waals surface area contributed by atoms with Crippen LogP contribution in [0.15, 0.2) is 28.7 Å². The summed E-state index contributed by atoms with van der Waals surface area (Å²) in [5.74, 6) is 0.960. The summed E-state index contributed by atoms with van der Waals surface area (Å²) < 4.78 is 5.51. The summed E-state index contributed by atoms with van der Waals surface area (Å²) >= 11 is 5.77. The van der Waals surface area contributed by atoms with Crippen molar-refractivity contribution in [3.63, 3.8) is 0 Å². The van der Waals surface area contributed by atoms with Gasteiger partial charge in [-0.3, -0.25) is 9.69 Å². The number of aromatic hydroxyl groups is 1. The summed E-state index contributed by atoms with van der Waals surface area (Å²) in [5, 5.41) is 17.1. The molecule has 7 heteroatoms. The van der Waals surface area contributed by atoms with Crippen LogP contribution in [0.25, 0.3) is 11.5 Å². The first-order valence-electron chi connectivity index (χ1n) is 6.16. The summed E-state index contributed by atoms with van der Waals surface area (Å²) in [7, 11) is 0. The van der Waals surface area contributed by atoms with Gasteiger partial charge in [0.05, 0.1) is 0 Å². The highest BCUT2D eigenvalue weighted by molar-refractivity contribution is 6.18. The van der Waals surface area contributed by atoms with Gasteiger partial charge in [-0.05, 0) is 30.2 Å².